The highest BCUT2D eigenvalue weighted by Gasteiger charge is 2.34. The monoisotopic (exact) mass is 551 g/mol. The Balaban J connectivity index is 1.44. The van der Waals surface area contributed by atoms with E-state index in [1.54, 1.807) is 0 Å². The van der Waals surface area contributed by atoms with Crippen molar-refractivity contribution in [1.29, 1.82) is 0 Å². The quantitative estimate of drug-likeness (QED) is 0.184. The van der Waals surface area contributed by atoms with Crippen LogP contribution >= 0.6 is 15.9 Å². The molecule has 38 heavy (non-hydrogen) atoms. The fraction of sp³-hybridized carbons (Fsp3) is 0.111. The molecule has 8 rings (SSSR count). The Bertz CT molecular complexity index is 1900. The van der Waals surface area contributed by atoms with Gasteiger partial charge in [-0.2, -0.15) is 0 Å². The van der Waals surface area contributed by atoms with E-state index in [1.165, 1.54) is 70.6 Å². The Hall–Kier alpha value is -3.88. The fourth-order valence-electron chi connectivity index (χ4n) is 6.83. The van der Waals surface area contributed by atoms with E-state index in [0.717, 1.165) is 19.3 Å². The zero-order valence-corrected chi connectivity index (χ0v) is 22.6. The molecule has 6 aromatic rings. The Morgan fingerprint density at radius 1 is 0.579 bits per heavy atom. The molecule has 1 heterocycles. The van der Waals surface area contributed by atoms with Crippen LogP contribution in [0, 0.1) is 5.92 Å². The number of hydrogen-bond donors (Lipinski definition) is 0. The van der Waals surface area contributed by atoms with Crippen LogP contribution in [-0.2, 0) is 12.8 Å². The van der Waals surface area contributed by atoms with E-state index >= 15 is 0 Å². The van der Waals surface area contributed by atoms with Crippen molar-refractivity contribution in [2.24, 2.45) is 5.92 Å². The minimum atomic E-state index is 0.454. The van der Waals surface area contributed by atoms with Crippen molar-refractivity contribution in [3.05, 3.63) is 138 Å². The first-order valence-electron chi connectivity index (χ1n) is 13.5. The number of allylic oxidation sites excluding steroid dienone is 1. The lowest BCUT2D eigenvalue weighted by Crippen LogP contribution is -2.30. The molecule has 1 atom stereocenters. The molecule has 1 aliphatic carbocycles. The fourth-order valence-corrected chi connectivity index (χ4v) is 7.71. The smallest absolute Gasteiger partial charge is 0.0491 e. The van der Waals surface area contributed by atoms with Crippen LogP contribution in [0.3, 0.4) is 0 Å². The maximum absolute atomic E-state index is 4.13. The molecule has 1 aliphatic heterocycles. The average Bonchev–Trinajstić information content (AvgIpc) is 3.12. The highest BCUT2D eigenvalue weighted by atomic mass is 79.9. The summed E-state index contributed by atoms with van der Waals surface area (Å²) in [6, 6.07) is 42.6. The summed E-state index contributed by atoms with van der Waals surface area (Å²) >= 11 is 4.13. The number of benzene rings is 6. The maximum atomic E-state index is 4.13. The van der Waals surface area contributed by atoms with Gasteiger partial charge in [-0.3, -0.25) is 0 Å². The molecule has 2 aliphatic rings. The van der Waals surface area contributed by atoms with Crippen molar-refractivity contribution in [1.82, 2.24) is 0 Å². The third-order valence-corrected chi connectivity index (χ3v) is 9.39. The van der Waals surface area contributed by atoms with E-state index in [-0.39, 0.29) is 0 Å². The molecule has 0 saturated carbocycles. The van der Waals surface area contributed by atoms with Gasteiger partial charge >= 0.3 is 0 Å². The lowest BCUT2D eigenvalue weighted by atomic mass is 9.85. The van der Waals surface area contributed by atoms with Crippen LogP contribution in [0.15, 0.2) is 121 Å². The van der Waals surface area contributed by atoms with Crippen LogP contribution in [0.25, 0.3) is 36.8 Å². The summed E-state index contributed by atoms with van der Waals surface area (Å²) in [5.41, 5.74) is 8.09. The van der Waals surface area contributed by atoms with Gasteiger partial charge in [-0.05, 0) is 102 Å². The van der Waals surface area contributed by atoms with Crippen LogP contribution in [0.1, 0.15) is 23.1 Å². The third kappa shape index (κ3) is 3.23. The molecule has 0 amide bonds. The Morgan fingerprint density at radius 2 is 1.16 bits per heavy atom. The standard InChI is InChI=1S/C36H26BrN/c37-35-27-11-3-1-9-23(27)17-18-25-21-24-10-2-8-16-34(24)38(36(25)35)26-19-20-32-30-14-5-4-12-28(30)29-13-6-7-15-31(29)33(32)22-26/h1-16,19-20,22,25H,17-18,21H2. The summed E-state index contributed by atoms with van der Waals surface area (Å²) in [6.07, 6.45) is 3.32. The molecule has 1 unspecified atom stereocenters. The van der Waals surface area contributed by atoms with Gasteiger partial charge in [0.2, 0.25) is 0 Å². The number of fused-ring (bicyclic) bond motifs is 9. The molecular weight excluding hydrogens is 526 g/mol. The van der Waals surface area contributed by atoms with Crippen LogP contribution in [-0.4, -0.2) is 0 Å². The van der Waals surface area contributed by atoms with Crippen LogP contribution < -0.4 is 4.90 Å². The number of nitrogens with zero attached hydrogens (tertiary/aromatic N) is 1. The second kappa shape index (κ2) is 8.58. The summed E-state index contributed by atoms with van der Waals surface area (Å²) in [4.78, 5) is 2.54. The number of rotatable bonds is 1. The summed E-state index contributed by atoms with van der Waals surface area (Å²) in [5.74, 6) is 0.454. The molecule has 0 aromatic heterocycles. The molecule has 0 saturated heterocycles. The molecule has 6 aromatic carbocycles. The molecule has 0 N–H and O–H groups in total. The SMILES string of the molecule is BrC1=C2C(CCc3ccccc31)Cc1ccccc1N2c1ccc2c3ccccc3c3ccccc3c2c1. The highest BCUT2D eigenvalue weighted by molar-refractivity contribution is 9.15. The highest BCUT2D eigenvalue weighted by Crippen LogP contribution is 2.50. The summed E-state index contributed by atoms with van der Waals surface area (Å²) in [5, 5.41) is 7.87. The van der Waals surface area contributed by atoms with Crippen molar-refractivity contribution in [3.63, 3.8) is 0 Å². The lowest BCUT2D eigenvalue weighted by Gasteiger charge is -2.39. The maximum Gasteiger partial charge on any atom is 0.0491 e. The molecule has 182 valence electrons. The Kier molecular flexibility index (Phi) is 5.00. The second-order valence-electron chi connectivity index (χ2n) is 10.6. The first-order valence-corrected chi connectivity index (χ1v) is 14.3. The van der Waals surface area contributed by atoms with Gasteiger partial charge in [0.25, 0.3) is 0 Å². The molecule has 1 nitrogen and oxygen atoms in total. The van der Waals surface area contributed by atoms with Crippen molar-refractivity contribution < 1.29 is 0 Å². The third-order valence-electron chi connectivity index (χ3n) is 8.55. The van der Waals surface area contributed by atoms with Gasteiger partial charge in [0, 0.05) is 27.5 Å². The number of anilines is 2. The van der Waals surface area contributed by atoms with Crippen LogP contribution in [0.4, 0.5) is 11.4 Å². The first kappa shape index (κ1) is 22.1. The second-order valence-corrected chi connectivity index (χ2v) is 11.4. The van der Waals surface area contributed by atoms with E-state index in [1.807, 2.05) is 0 Å². The van der Waals surface area contributed by atoms with E-state index in [0.29, 0.717) is 5.92 Å². The number of halogens is 1. The van der Waals surface area contributed by atoms with Crippen molar-refractivity contribution in [2.75, 3.05) is 4.90 Å². The van der Waals surface area contributed by atoms with Gasteiger partial charge < -0.3 is 4.90 Å². The predicted octanol–water partition coefficient (Wildman–Crippen LogP) is 10.2. The molecule has 0 spiro atoms. The van der Waals surface area contributed by atoms with Gasteiger partial charge in [0.15, 0.2) is 0 Å². The summed E-state index contributed by atoms with van der Waals surface area (Å²) < 4.78 is 1.23. The molecule has 0 bridgehead atoms. The van der Waals surface area contributed by atoms with Crippen LogP contribution in [0.5, 0.6) is 0 Å². The number of para-hydroxylation sites is 1. The Labute approximate surface area is 231 Å². The zero-order chi connectivity index (χ0) is 25.2. The summed E-state index contributed by atoms with van der Waals surface area (Å²) in [7, 11) is 0. The molecule has 0 fully saturated rings. The van der Waals surface area contributed by atoms with E-state index < -0.39 is 0 Å². The summed E-state index contributed by atoms with van der Waals surface area (Å²) in [6.45, 7) is 0. The molecule has 0 radical (unpaired) electrons. The van der Waals surface area contributed by atoms with Gasteiger partial charge in [-0.25, -0.2) is 0 Å². The van der Waals surface area contributed by atoms with E-state index in [4.69, 9.17) is 0 Å². The first-order chi connectivity index (χ1) is 18.8. The van der Waals surface area contributed by atoms with Crippen molar-refractivity contribution in [3.8, 4) is 0 Å². The zero-order valence-electron chi connectivity index (χ0n) is 21.0. The van der Waals surface area contributed by atoms with Gasteiger partial charge in [-0.15, -0.1) is 0 Å². The molecule has 2 heteroatoms. The minimum Gasteiger partial charge on any atom is -0.312 e. The van der Waals surface area contributed by atoms with Crippen LogP contribution in [0.2, 0.25) is 0 Å². The van der Waals surface area contributed by atoms with E-state index in [9.17, 15) is 0 Å². The molecular formula is C36H26BrN. The van der Waals surface area contributed by atoms with Crippen molar-refractivity contribution >= 4 is 64.1 Å². The largest absolute Gasteiger partial charge is 0.312 e. The normalized spacial score (nSPS) is 16.9. The Morgan fingerprint density at radius 3 is 1.89 bits per heavy atom. The van der Waals surface area contributed by atoms with Crippen molar-refractivity contribution in [2.45, 2.75) is 19.3 Å². The minimum absolute atomic E-state index is 0.454. The van der Waals surface area contributed by atoms with Gasteiger partial charge in [-0.1, -0.05) is 97.1 Å². The predicted molar refractivity (Wildman–Crippen MR) is 165 cm³/mol. The number of aryl methyl sites for hydroxylation is 1. The van der Waals surface area contributed by atoms with Gasteiger partial charge in [0.1, 0.15) is 0 Å². The van der Waals surface area contributed by atoms with Gasteiger partial charge in [0.05, 0.1) is 0 Å². The van der Waals surface area contributed by atoms with E-state index in [2.05, 4.69) is 136 Å². The lowest BCUT2D eigenvalue weighted by molar-refractivity contribution is 0.542. The average molecular weight is 553 g/mol. The number of hydrogen-bond acceptors (Lipinski definition) is 1. The topological polar surface area (TPSA) is 3.24 Å².